The zero-order valence-electron chi connectivity index (χ0n) is 10.4. The first-order chi connectivity index (χ1) is 8.02. The minimum atomic E-state index is -0.532. The molecule has 0 aliphatic heterocycles. The van der Waals surface area contributed by atoms with Crippen LogP contribution in [0.4, 0.5) is 5.69 Å². The summed E-state index contributed by atoms with van der Waals surface area (Å²) in [5, 5.41) is 0. The highest BCUT2D eigenvalue weighted by Crippen LogP contribution is 2.25. The third kappa shape index (κ3) is 3.98. The molecule has 0 saturated carbocycles. The van der Waals surface area contributed by atoms with Gasteiger partial charge < -0.3 is 16.2 Å². The van der Waals surface area contributed by atoms with E-state index in [1.165, 1.54) is 0 Å². The summed E-state index contributed by atoms with van der Waals surface area (Å²) in [4.78, 5) is 11.1. The van der Waals surface area contributed by atoms with E-state index in [1.54, 1.807) is 18.2 Å². The monoisotopic (exact) mass is 236 g/mol. The molecule has 0 radical (unpaired) electrons. The SMILES string of the molecule is CC(C)CCCOc1cccc(C(N)=O)c1N. The first-order valence-corrected chi connectivity index (χ1v) is 5.83. The third-order valence-corrected chi connectivity index (χ3v) is 2.51. The van der Waals surface area contributed by atoms with Crippen LogP contribution >= 0.6 is 0 Å². The van der Waals surface area contributed by atoms with E-state index in [0.717, 1.165) is 12.8 Å². The van der Waals surface area contributed by atoms with Gasteiger partial charge in [-0.1, -0.05) is 19.9 Å². The Kier molecular flexibility index (Phi) is 4.82. The van der Waals surface area contributed by atoms with Gasteiger partial charge in [0.15, 0.2) is 0 Å². The van der Waals surface area contributed by atoms with Crippen molar-refractivity contribution in [3.8, 4) is 5.75 Å². The van der Waals surface area contributed by atoms with Crippen LogP contribution in [-0.2, 0) is 0 Å². The molecular formula is C13H20N2O2. The molecule has 0 aromatic heterocycles. The molecule has 0 heterocycles. The van der Waals surface area contributed by atoms with Crippen molar-refractivity contribution in [3.63, 3.8) is 0 Å². The van der Waals surface area contributed by atoms with Crippen molar-refractivity contribution in [2.75, 3.05) is 12.3 Å². The number of ether oxygens (including phenoxy) is 1. The Hall–Kier alpha value is -1.71. The molecular weight excluding hydrogens is 216 g/mol. The lowest BCUT2D eigenvalue weighted by Gasteiger charge is -2.11. The van der Waals surface area contributed by atoms with E-state index in [-0.39, 0.29) is 0 Å². The molecule has 0 aliphatic carbocycles. The number of carbonyl (C=O) groups is 1. The van der Waals surface area contributed by atoms with Crippen LogP contribution in [0.2, 0.25) is 0 Å². The van der Waals surface area contributed by atoms with Crippen molar-refractivity contribution >= 4 is 11.6 Å². The Morgan fingerprint density at radius 1 is 1.41 bits per heavy atom. The minimum Gasteiger partial charge on any atom is -0.491 e. The van der Waals surface area contributed by atoms with Crippen LogP contribution in [-0.4, -0.2) is 12.5 Å². The molecule has 0 atom stereocenters. The number of nitrogens with two attached hydrogens (primary N) is 2. The number of anilines is 1. The molecule has 1 amide bonds. The van der Waals surface area contributed by atoms with E-state index in [0.29, 0.717) is 29.5 Å². The van der Waals surface area contributed by atoms with Crippen LogP contribution in [0.5, 0.6) is 5.75 Å². The highest BCUT2D eigenvalue weighted by molar-refractivity contribution is 5.99. The number of hydrogen-bond acceptors (Lipinski definition) is 3. The van der Waals surface area contributed by atoms with Gasteiger partial charge in [0.25, 0.3) is 5.91 Å². The molecule has 0 unspecified atom stereocenters. The lowest BCUT2D eigenvalue weighted by molar-refractivity contribution is 0.100. The van der Waals surface area contributed by atoms with Gasteiger partial charge >= 0.3 is 0 Å². The first kappa shape index (κ1) is 13.4. The molecule has 0 fully saturated rings. The highest BCUT2D eigenvalue weighted by Gasteiger charge is 2.10. The van der Waals surface area contributed by atoms with Gasteiger partial charge in [0.2, 0.25) is 0 Å². The smallest absolute Gasteiger partial charge is 0.250 e. The zero-order valence-corrected chi connectivity index (χ0v) is 10.4. The quantitative estimate of drug-likeness (QED) is 0.587. The molecule has 4 N–H and O–H groups in total. The predicted octanol–water partition coefficient (Wildman–Crippen LogP) is 2.18. The molecule has 0 bridgehead atoms. The highest BCUT2D eigenvalue weighted by atomic mass is 16.5. The van der Waals surface area contributed by atoms with Crippen molar-refractivity contribution in [3.05, 3.63) is 23.8 Å². The molecule has 94 valence electrons. The minimum absolute atomic E-state index is 0.311. The lowest BCUT2D eigenvalue weighted by Crippen LogP contribution is -2.14. The largest absolute Gasteiger partial charge is 0.491 e. The number of benzene rings is 1. The second kappa shape index (κ2) is 6.13. The van der Waals surface area contributed by atoms with Gasteiger partial charge in [-0.3, -0.25) is 4.79 Å². The van der Waals surface area contributed by atoms with Crippen LogP contribution < -0.4 is 16.2 Å². The summed E-state index contributed by atoms with van der Waals surface area (Å²) >= 11 is 0. The molecule has 0 aliphatic rings. The summed E-state index contributed by atoms with van der Waals surface area (Å²) in [5.41, 5.74) is 11.6. The Labute approximate surface area is 102 Å². The van der Waals surface area contributed by atoms with Gasteiger partial charge in [0.1, 0.15) is 5.75 Å². The normalized spacial score (nSPS) is 10.5. The van der Waals surface area contributed by atoms with Crippen LogP contribution in [0.1, 0.15) is 37.0 Å². The number of carbonyl (C=O) groups excluding carboxylic acids is 1. The second-order valence-electron chi connectivity index (χ2n) is 4.47. The molecule has 1 aromatic rings. The Bertz CT molecular complexity index is 389. The Balaban J connectivity index is 2.59. The summed E-state index contributed by atoms with van der Waals surface area (Å²) < 4.78 is 5.55. The van der Waals surface area contributed by atoms with Crippen LogP contribution in [0.3, 0.4) is 0 Å². The maximum absolute atomic E-state index is 11.1. The second-order valence-corrected chi connectivity index (χ2v) is 4.47. The van der Waals surface area contributed by atoms with Gasteiger partial charge in [-0.25, -0.2) is 0 Å². The van der Waals surface area contributed by atoms with Crippen LogP contribution in [0.15, 0.2) is 18.2 Å². The van der Waals surface area contributed by atoms with E-state index >= 15 is 0 Å². The third-order valence-electron chi connectivity index (χ3n) is 2.51. The molecule has 1 aromatic carbocycles. The van der Waals surface area contributed by atoms with E-state index in [4.69, 9.17) is 16.2 Å². The topological polar surface area (TPSA) is 78.3 Å². The Morgan fingerprint density at radius 2 is 2.12 bits per heavy atom. The standard InChI is InChI=1S/C13H20N2O2/c1-9(2)5-4-8-17-11-7-3-6-10(12(11)14)13(15)16/h3,6-7,9H,4-5,8,14H2,1-2H3,(H2,15,16). The van der Waals surface area contributed by atoms with E-state index in [9.17, 15) is 4.79 Å². The van der Waals surface area contributed by atoms with Crippen LogP contribution in [0.25, 0.3) is 0 Å². The summed E-state index contributed by atoms with van der Waals surface area (Å²) in [6.07, 6.45) is 2.08. The molecule has 0 spiro atoms. The van der Waals surface area contributed by atoms with Gasteiger partial charge in [-0.05, 0) is 30.9 Å². The summed E-state index contributed by atoms with van der Waals surface area (Å²) in [5.74, 6) is 0.660. The number of nitrogen functional groups attached to an aromatic ring is 1. The van der Waals surface area contributed by atoms with Crippen molar-refractivity contribution in [1.29, 1.82) is 0 Å². The summed E-state index contributed by atoms with van der Waals surface area (Å²) in [6, 6.07) is 5.06. The first-order valence-electron chi connectivity index (χ1n) is 5.83. The zero-order chi connectivity index (χ0) is 12.8. The number of amides is 1. The lowest BCUT2D eigenvalue weighted by atomic mass is 10.1. The summed E-state index contributed by atoms with van der Waals surface area (Å²) in [6.45, 7) is 4.94. The fraction of sp³-hybridized carbons (Fsp3) is 0.462. The van der Waals surface area contributed by atoms with Gasteiger partial charge in [-0.15, -0.1) is 0 Å². The maximum atomic E-state index is 11.1. The van der Waals surface area contributed by atoms with Gasteiger partial charge in [-0.2, -0.15) is 0 Å². The van der Waals surface area contributed by atoms with Crippen LogP contribution in [0, 0.1) is 5.92 Å². The Morgan fingerprint density at radius 3 is 2.71 bits per heavy atom. The van der Waals surface area contributed by atoms with Crippen molar-refractivity contribution in [1.82, 2.24) is 0 Å². The number of para-hydroxylation sites is 1. The maximum Gasteiger partial charge on any atom is 0.250 e. The molecule has 0 saturated heterocycles. The predicted molar refractivity (Wildman–Crippen MR) is 68.9 cm³/mol. The molecule has 4 nitrogen and oxygen atoms in total. The van der Waals surface area contributed by atoms with Crippen molar-refractivity contribution < 1.29 is 9.53 Å². The average molecular weight is 236 g/mol. The number of rotatable bonds is 6. The van der Waals surface area contributed by atoms with E-state index < -0.39 is 5.91 Å². The van der Waals surface area contributed by atoms with Crippen molar-refractivity contribution in [2.24, 2.45) is 11.7 Å². The fourth-order valence-corrected chi connectivity index (χ4v) is 1.56. The van der Waals surface area contributed by atoms with Gasteiger partial charge in [0, 0.05) is 0 Å². The average Bonchev–Trinajstić information content (AvgIpc) is 2.25. The molecule has 1 rings (SSSR count). The molecule has 17 heavy (non-hydrogen) atoms. The van der Waals surface area contributed by atoms with E-state index in [2.05, 4.69) is 13.8 Å². The fourth-order valence-electron chi connectivity index (χ4n) is 1.56. The van der Waals surface area contributed by atoms with Gasteiger partial charge in [0.05, 0.1) is 17.9 Å². The molecule has 4 heteroatoms. The summed E-state index contributed by atoms with van der Waals surface area (Å²) in [7, 11) is 0. The van der Waals surface area contributed by atoms with E-state index in [1.807, 2.05) is 0 Å². The number of hydrogen-bond donors (Lipinski definition) is 2. The van der Waals surface area contributed by atoms with Crippen molar-refractivity contribution in [2.45, 2.75) is 26.7 Å². The number of primary amides is 1.